The Morgan fingerprint density at radius 1 is 1.46 bits per heavy atom. The number of nitrogens with zero attached hydrogens (tertiary/aromatic N) is 2. The van der Waals surface area contributed by atoms with Crippen molar-refractivity contribution >= 4 is 41.7 Å². The molecule has 0 aromatic carbocycles. The van der Waals surface area contributed by atoms with Gasteiger partial charge in [-0.05, 0) is 19.9 Å². The number of nitrogens with one attached hydrogen (secondary N) is 1. The fourth-order valence-electron chi connectivity index (χ4n) is 1.97. The number of carbonyl (C=O) groups excluding carboxylic acids is 2. The van der Waals surface area contributed by atoms with Crippen molar-refractivity contribution in [2.75, 3.05) is 5.75 Å². The lowest BCUT2D eigenvalue weighted by Gasteiger charge is -2.48. The van der Waals surface area contributed by atoms with Crippen molar-refractivity contribution in [2.24, 2.45) is 5.16 Å². The molecule has 0 saturated carbocycles. The first-order valence-corrected chi connectivity index (χ1v) is 7.83. The van der Waals surface area contributed by atoms with Crippen molar-refractivity contribution in [3.8, 4) is 0 Å². The highest BCUT2D eigenvalue weighted by Gasteiger charge is 2.52. The van der Waals surface area contributed by atoms with Gasteiger partial charge in [-0.1, -0.05) is 5.16 Å². The van der Waals surface area contributed by atoms with E-state index in [2.05, 4.69) is 10.5 Å². The standard InChI is InChI=1S/C13H15N3O7S/c1-13(2,12(21)22)23-14-5-7(17)15-8-9(18)16-6(11(19)20)3-4-24-10(8)16/h3,5,8,10H,4H2,1-2H3,(H,15,17)(H,19,20)(H,21,22)/t8?,10-/m0/s1. The molecular weight excluding hydrogens is 342 g/mol. The van der Waals surface area contributed by atoms with E-state index in [0.29, 0.717) is 5.75 Å². The number of carboxylic acid groups (broad SMARTS) is 2. The molecule has 1 unspecified atom stereocenters. The van der Waals surface area contributed by atoms with Crippen molar-refractivity contribution in [3.63, 3.8) is 0 Å². The molecule has 1 saturated heterocycles. The highest BCUT2D eigenvalue weighted by molar-refractivity contribution is 8.00. The normalized spacial score (nSPS) is 23.2. The van der Waals surface area contributed by atoms with E-state index in [9.17, 15) is 19.2 Å². The van der Waals surface area contributed by atoms with E-state index in [4.69, 9.17) is 15.1 Å². The maximum absolute atomic E-state index is 12.0. The molecule has 2 aliphatic heterocycles. The number of thioether (sulfide) groups is 1. The van der Waals surface area contributed by atoms with E-state index in [0.717, 1.165) is 11.1 Å². The molecule has 2 amide bonds. The molecule has 0 aromatic heterocycles. The summed E-state index contributed by atoms with van der Waals surface area (Å²) in [5.74, 6) is -3.33. The highest BCUT2D eigenvalue weighted by atomic mass is 32.2. The number of amides is 2. The molecule has 2 rings (SSSR count). The first-order valence-electron chi connectivity index (χ1n) is 6.78. The summed E-state index contributed by atoms with van der Waals surface area (Å²) in [6.07, 6.45) is 2.16. The molecule has 0 bridgehead atoms. The van der Waals surface area contributed by atoms with Gasteiger partial charge in [0.15, 0.2) is 0 Å². The number of oxime groups is 1. The summed E-state index contributed by atoms with van der Waals surface area (Å²) in [4.78, 5) is 51.4. The van der Waals surface area contributed by atoms with E-state index in [1.54, 1.807) is 0 Å². The average molecular weight is 357 g/mol. The first kappa shape index (κ1) is 17.8. The molecule has 3 N–H and O–H groups in total. The molecule has 2 aliphatic rings. The highest BCUT2D eigenvalue weighted by Crippen LogP contribution is 2.37. The van der Waals surface area contributed by atoms with Gasteiger partial charge < -0.3 is 20.4 Å². The third-order valence-corrected chi connectivity index (χ3v) is 4.51. The monoisotopic (exact) mass is 357 g/mol. The number of β-lactam (4-membered cyclic amide) rings is 1. The van der Waals surface area contributed by atoms with Gasteiger partial charge in [-0.3, -0.25) is 14.5 Å². The second-order valence-corrected chi connectivity index (χ2v) is 6.60. The van der Waals surface area contributed by atoms with Crippen molar-refractivity contribution < 1.29 is 34.2 Å². The van der Waals surface area contributed by atoms with Gasteiger partial charge in [0.2, 0.25) is 5.60 Å². The van der Waals surface area contributed by atoms with Gasteiger partial charge in [0.25, 0.3) is 11.8 Å². The number of hydrogen-bond donors (Lipinski definition) is 3. The molecule has 11 heteroatoms. The lowest BCUT2D eigenvalue weighted by atomic mass is 10.1. The zero-order valence-electron chi connectivity index (χ0n) is 12.8. The van der Waals surface area contributed by atoms with Crippen LogP contribution in [0.2, 0.25) is 0 Å². The fourth-order valence-corrected chi connectivity index (χ4v) is 3.17. The molecule has 0 aliphatic carbocycles. The topological polar surface area (TPSA) is 146 Å². The van der Waals surface area contributed by atoms with Gasteiger partial charge in [0, 0.05) is 5.75 Å². The Morgan fingerprint density at radius 3 is 2.71 bits per heavy atom. The van der Waals surface area contributed by atoms with Gasteiger partial charge in [0.1, 0.15) is 23.3 Å². The van der Waals surface area contributed by atoms with Gasteiger partial charge in [0.05, 0.1) is 0 Å². The minimum atomic E-state index is -1.60. The van der Waals surface area contributed by atoms with E-state index < -0.39 is 40.8 Å². The van der Waals surface area contributed by atoms with Crippen LogP contribution < -0.4 is 5.32 Å². The Balaban J connectivity index is 1.93. The third kappa shape index (κ3) is 3.35. The summed E-state index contributed by atoms with van der Waals surface area (Å²) in [7, 11) is 0. The number of carboxylic acids is 2. The molecule has 10 nitrogen and oxygen atoms in total. The van der Waals surface area contributed by atoms with E-state index >= 15 is 0 Å². The summed E-state index contributed by atoms with van der Waals surface area (Å²) in [5, 5.41) is 23.1. The molecular formula is C13H15N3O7S. The van der Waals surface area contributed by atoms with Gasteiger partial charge in [-0.15, -0.1) is 11.8 Å². The fraction of sp³-hybridized carbons (Fsp3) is 0.462. The van der Waals surface area contributed by atoms with Crippen LogP contribution in [0, 0.1) is 0 Å². The van der Waals surface area contributed by atoms with Crippen LogP contribution in [0.5, 0.6) is 0 Å². The lowest BCUT2D eigenvalue weighted by Crippen LogP contribution is -2.70. The van der Waals surface area contributed by atoms with E-state index in [-0.39, 0.29) is 5.70 Å². The van der Waals surface area contributed by atoms with Crippen LogP contribution in [0.4, 0.5) is 0 Å². The van der Waals surface area contributed by atoms with E-state index in [1.807, 2.05) is 0 Å². The second kappa shape index (κ2) is 6.51. The van der Waals surface area contributed by atoms with Gasteiger partial charge in [-0.25, -0.2) is 9.59 Å². The predicted octanol–water partition coefficient (Wildman–Crippen LogP) is -0.780. The van der Waals surface area contributed by atoms with Crippen molar-refractivity contribution in [3.05, 3.63) is 11.8 Å². The molecule has 0 aromatic rings. The maximum Gasteiger partial charge on any atom is 0.352 e. The SMILES string of the molecule is CC(C)(ON=CC(=O)NC1C(=O)N2C(C(=O)O)=CCS[C@@H]12)C(=O)O. The Labute approximate surface area is 140 Å². The van der Waals surface area contributed by atoms with Crippen LogP contribution in [-0.4, -0.2) is 67.9 Å². The summed E-state index contributed by atoms with van der Waals surface area (Å²) in [5.41, 5.74) is -1.70. The number of fused-ring (bicyclic) bond motifs is 1. The Morgan fingerprint density at radius 2 is 2.12 bits per heavy atom. The number of aliphatic carboxylic acids is 2. The summed E-state index contributed by atoms with van der Waals surface area (Å²) >= 11 is 1.32. The van der Waals surface area contributed by atoms with Crippen molar-refractivity contribution in [2.45, 2.75) is 30.9 Å². The summed E-state index contributed by atoms with van der Waals surface area (Å²) < 4.78 is 0. The van der Waals surface area contributed by atoms with Gasteiger partial charge in [-0.2, -0.15) is 0 Å². The maximum atomic E-state index is 12.0. The van der Waals surface area contributed by atoms with Crippen LogP contribution in [0.15, 0.2) is 16.9 Å². The van der Waals surface area contributed by atoms with Crippen molar-refractivity contribution in [1.82, 2.24) is 10.2 Å². The second-order valence-electron chi connectivity index (χ2n) is 5.45. The number of carbonyl (C=O) groups is 4. The minimum absolute atomic E-state index is 0.102. The Kier molecular flexibility index (Phi) is 4.83. The Bertz CT molecular complexity index is 658. The lowest BCUT2D eigenvalue weighted by molar-refractivity contribution is -0.161. The van der Waals surface area contributed by atoms with Crippen LogP contribution in [0.1, 0.15) is 13.8 Å². The largest absolute Gasteiger partial charge is 0.478 e. The predicted molar refractivity (Wildman–Crippen MR) is 82.0 cm³/mol. The molecule has 2 heterocycles. The molecule has 24 heavy (non-hydrogen) atoms. The molecule has 130 valence electrons. The molecule has 1 fully saturated rings. The van der Waals surface area contributed by atoms with Crippen molar-refractivity contribution in [1.29, 1.82) is 0 Å². The summed E-state index contributed by atoms with van der Waals surface area (Å²) in [6, 6.07) is -0.871. The van der Waals surface area contributed by atoms with E-state index in [1.165, 1.54) is 31.7 Å². The Hall–Kier alpha value is -2.56. The third-order valence-electron chi connectivity index (χ3n) is 3.33. The average Bonchev–Trinajstić information content (AvgIpc) is 2.51. The van der Waals surface area contributed by atoms with Gasteiger partial charge >= 0.3 is 11.9 Å². The quantitative estimate of drug-likeness (QED) is 0.319. The summed E-state index contributed by atoms with van der Waals surface area (Å²) in [6.45, 7) is 2.52. The molecule has 0 spiro atoms. The zero-order chi connectivity index (χ0) is 18.1. The molecule has 0 radical (unpaired) electrons. The van der Waals surface area contributed by atoms with Crippen LogP contribution in [-0.2, 0) is 24.0 Å². The van der Waals surface area contributed by atoms with Crippen LogP contribution in [0.3, 0.4) is 0 Å². The zero-order valence-corrected chi connectivity index (χ0v) is 13.6. The number of rotatable bonds is 6. The minimum Gasteiger partial charge on any atom is -0.478 e. The molecule has 2 atom stereocenters. The number of hydrogen-bond acceptors (Lipinski definition) is 7. The van der Waals surface area contributed by atoms with Crippen LogP contribution in [0.25, 0.3) is 0 Å². The first-order chi connectivity index (χ1) is 11.1. The smallest absolute Gasteiger partial charge is 0.352 e. The van der Waals surface area contributed by atoms with Crippen LogP contribution >= 0.6 is 11.8 Å².